The second kappa shape index (κ2) is 7.56. The molecule has 0 aromatic heterocycles. The number of likely N-dealkylation sites (tertiary alicyclic amines) is 1. The molecule has 1 aromatic rings. The lowest BCUT2D eigenvalue weighted by molar-refractivity contribution is 0.0196. The standard InChI is InChI=1S/C20H32N2O2/c1-14-7-8-15(2)18(13-14)16(3)21-17-9-11-22(12-10-17)19(23)24-20(4,5)6/h7-8,13,16-17,21H,9-12H2,1-6H3. The maximum Gasteiger partial charge on any atom is 0.410 e. The van der Waals surface area contributed by atoms with Crippen LogP contribution in [-0.4, -0.2) is 35.7 Å². The van der Waals surface area contributed by atoms with Gasteiger partial charge in [0, 0.05) is 25.2 Å². The predicted molar refractivity (Wildman–Crippen MR) is 98.3 cm³/mol. The molecule has 24 heavy (non-hydrogen) atoms. The van der Waals surface area contributed by atoms with Crippen LogP contribution in [0, 0.1) is 13.8 Å². The fourth-order valence-corrected chi connectivity index (χ4v) is 3.22. The van der Waals surface area contributed by atoms with Crippen LogP contribution in [0.1, 0.15) is 63.3 Å². The molecule has 1 saturated heterocycles. The number of rotatable bonds is 3. The summed E-state index contributed by atoms with van der Waals surface area (Å²) in [6.07, 6.45) is 1.74. The van der Waals surface area contributed by atoms with E-state index in [1.54, 1.807) is 0 Å². The number of nitrogens with zero attached hydrogens (tertiary/aromatic N) is 1. The normalized spacial score (nSPS) is 17.7. The van der Waals surface area contributed by atoms with E-state index in [1.807, 2.05) is 25.7 Å². The van der Waals surface area contributed by atoms with E-state index >= 15 is 0 Å². The van der Waals surface area contributed by atoms with Crippen LogP contribution in [0.3, 0.4) is 0 Å². The van der Waals surface area contributed by atoms with Gasteiger partial charge in [0.25, 0.3) is 0 Å². The zero-order valence-corrected chi connectivity index (χ0v) is 16.0. The molecule has 1 amide bonds. The number of piperidine rings is 1. The maximum atomic E-state index is 12.1. The van der Waals surface area contributed by atoms with Gasteiger partial charge in [-0.1, -0.05) is 23.8 Å². The second-order valence-corrected chi connectivity index (χ2v) is 7.99. The maximum absolute atomic E-state index is 12.1. The number of amides is 1. The summed E-state index contributed by atoms with van der Waals surface area (Å²) in [6, 6.07) is 7.38. The van der Waals surface area contributed by atoms with Gasteiger partial charge in [0.05, 0.1) is 0 Å². The van der Waals surface area contributed by atoms with Gasteiger partial charge in [0.15, 0.2) is 0 Å². The second-order valence-electron chi connectivity index (χ2n) is 7.99. The lowest BCUT2D eigenvalue weighted by atomic mass is 9.97. The molecular weight excluding hydrogens is 300 g/mol. The topological polar surface area (TPSA) is 41.6 Å². The Balaban J connectivity index is 1.86. The van der Waals surface area contributed by atoms with Crippen molar-refractivity contribution in [1.29, 1.82) is 0 Å². The van der Waals surface area contributed by atoms with Crippen LogP contribution >= 0.6 is 0 Å². The Hall–Kier alpha value is -1.55. The van der Waals surface area contributed by atoms with E-state index in [0.717, 1.165) is 25.9 Å². The summed E-state index contributed by atoms with van der Waals surface area (Å²) < 4.78 is 5.46. The third-order valence-corrected chi connectivity index (χ3v) is 4.53. The molecule has 0 bridgehead atoms. The Morgan fingerprint density at radius 2 is 1.88 bits per heavy atom. The molecule has 4 nitrogen and oxygen atoms in total. The Kier molecular flexibility index (Phi) is 5.92. The molecule has 4 heteroatoms. The number of hydrogen-bond donors (Lipinski definition) is 1. The summed E-state index contributed by atoms with van der Waals surface area (Å²) in [5, 5.41) is 3.73. The van der Waals surface area contributed by atoms with Crippen molar-refractivity contribution in [2.24, 2.45) is 0 Å². The predicted octanol–water partition coefficient (Wildman–Crippen LogP) is 4.35. The van der Waals surface area contributed by atoms with Crippen LogP contribution in [0.15, 0.2) is 18.2 Å². The van der Waals surface area contributed by atoms with Crippen LogP contribution in [0.25, 0.3) is 0 Å². The van der Waals surface area contributed by atoms with Gasteiger partial charge in [-0.25, -0.2) is 4.79 Å². The molecule has 1 aliphatic heterocycles. The minimum Gasteiger partial charge on any atom is -0.444 e. The van der Waals surface area contributed by atoms with Crippen molar-refractivity contribution in [2.75, 3.05) is 13.1 Å². The van der Waals surface area contributed by atoms with Crippen LogP contribution in [0.2, 0.25) is 0 Å². The average molecular weight is 332 g/mol. The molecule has 1 heterocycles. The third kappa shape index (κ3) is 5.23. The number of carbonyl (C=O) groups excluding carboxylic acids is 1. The van der Waals surface area contributed by atoms with Crippen molar-refractivity contribution >= 4 is 6.09 Å². The van der Waals surface area contributed by atoms with Crippen molar-refractivity contribution < 1.29 is 9.53 Å². The summed E-state index contributed by atoms with van der Waals surface area (Å²) in [6.45, 7) is 13.8. The highest BCUT2D eigenvalue weighted by Gasteiger charge is 2.27. The summed E-state index contributed by atoms with van der Waals surface area (Å²) in [5.41, 5.74) is 3.56. The van der Waals surface area contributed by atoms with E-state index in [1.165, 1.54) is 16.7 Å². The molecule has 1 atom stereocenters. The number of aryl methyl sites for hydroxylation is 2. The number of carbonyl (C=O) groups is 1. The third-order valence-electron chi connectivity index (χ3n) is 4.53. The number of nitrogens with one attached hydrogen (secondary N) is 1. The first-order valence-electron chi connectivity index (χ1n) is 8.97. The van der Waals surface area contributed by atoms with Gasteiger partial charge in [-0.3, -0.25) is 0 Å². The van der Waals surface area contributed by atoms with E-state index in [-0.39, 0.29) is 6.09 Å². The van der Waals surface area contributed by atoms with Gasteiger partial charge in [-0.05, 0) is 65.5 Å². The lowest BCUT2D eigenvalue weighted by Crippen LogP contribution is -2.47. The largest absolute Gasteiger partial charge is 0.444 e. The molecule has 1 unspecified atom stereocenters. The van der Waals surface area contributed by atoms with E-state index < -0.39 is 5.60 Å². The van der Waals surface area contributed by atoms with Gasteiger partial charge in [-0.2, -0.15) is 0 Å². The van der Waals surface area contributed by atoms with Crippen molar-refractivity contribution in [3.05, 3.63) is 34.9 Å². The SMILES string of the molecule is Cc1ccc(C)c(C(C)NC2CCN(C(=O)OC(C)(C)C)CC2)c1. The fourth-order valence-electron chi connectivity index (χ4n) is 3.22. The van der Waals surface area contributed by atoms with Gasteiger partial charge >= 0.3 is 6.09 Å². The van der Waals surface area contributed by atoms with Gasteiger partial charge in [0.1, 0.15) is 5.60 Å². The van der Waals surface area contributed by atoms with Crippen molar-refractivity contribution in [2.45, 2.75) is 72.1 Å². The molecule has 0 aliphatic carbocycles. The first-order valence-corrected chi connectivity index (χ1v) is 8.97. The van der Waals surface area contributed by atoms with Crippen molar-refractivity contribution in [3.63, 3.8) is 0 Å². The van der Waals surface area contributed by atoms with Crippen LogP contribution < -0.4 is 5.32 Å². The van der Waals surface area contributed by atoms with E-state index in [9.17, 15) is 4.79 Å². The summed E-state index contributed by atoms with van der Waals surface area (Å²) in [7, 11) is 0. The van der Waals surface area contributed by atoms with Crippen LogP contribution in [-0.2, 0) is 4.74 Å². The Morgan fingerprint density at radius 1 is 1.25 bits per heavy atom. The smallest absolute Gasteiger partial charge is 0.410 e. The molecule has 2 rings (SSSR count). The summed E-state index contributed by atoms with van der Waals surface area (Å²) in [5.74, 6) is 0. The summed E-state index contributed by atoms with van der Waals surface area (Å²) >= 11 is 0. The molecule has 1 N–H and O–H groups in total. The highest BCUT2D eigenvalue weighted by atomic mass is 16.6. The molecule has 0 radical (unpaired) electrons. The molecule has 1 aromatic carbocycles. The monoisotopic (exact) mass is 332 g/mol. The van der Waals surface area contributed by atoms with Crippen molar-refractivity contribution in [3.8, 4) is 0 Å². The van der Waals surface area contributed by atoms with E-state index in [4.69, 9.17) is 4.74 Å². The van der Waals surface area contributed by atoms with E-state index in [0.29, 0.717) is 12.1 Å². The molecular formula is C20H32N2O2. The zero-order chi connectivity index (χ0) is 17.9. The lowest BCUT2D eigenvalue weighted by Gasteiger charge is -2.35. The van der Waals surface area contributed by atoms with Crippen LogP contribution in [0.5, 0.6) is 0 Å². The molecule has 0 saturated carbocycles. The number of hydrogen-bond acceptors (Lipinski definition) is 3. The first-order chi connectivity index (χ1) is 11.2. The van der Waals surface area contributed by atoms with Gasteiger partial charge in [-0.15, -0.1) is 0 Å². The minimum atomic E-state index is -0.427. The van der Waals surface area contributed by atoms with Gasteiger partial charge in [0.2, 0.25) is 0 Å². The van der Waals surface area contributed by atoms with E-state index in [2.05, 4.69) is 44.3 Å². The van der Waals surface area contributed by atoms with Gasteiger partial charge < -0.3 is 15.0 Å². The molecule has 1 fully saturated rings. The fraction of sp³-hybridized carbons (Fsp3) is 0.650. The van der Waals surface area contributed by atoms with Crippen molar-refractivity contribution in [1.82, 2.24) is 10.2 Å². The average Bonchev–Trinajstić information content (AvgIpc) is 2.48. The zero-order valence-electron chi connectivity index (χ0n) is 16.0. The quantitative estimate of drug-likeness (QED) is 0.894. The Morgan fingerprint density at radius 3 is 2.46 bits per heavy atom. The summed E-state index contributed by atoms with van der Waals surface area (Å²) in [4.78, 5) is 14.0. The highest BCUT2D eigenvalue weighted by molar-refractivity contribution is 5.68. The Labute approximate surface area is 146 Å². The minimum absolute atomic E-state index is 0.191. The molecule has 134 valence electrons. The molecule has 1 aliphatic rings. The Bertz CT molecular complexity index is 569. The molecule has 0 spiro atoms. The van der Waals surface area contributed by atoms with Crippen LogP contribution in [0.4, 0.5) is 4.79 Å². The first kappa shape index (κ1) is 18.8. The highest BCUT2D eigenvalue weighted by Crippen LogP contribution is 2.22. The number of benzene rings is 1. The number of ether oxygens (including phenoxy) is 1.